The van der Waals surface area contributed by atoms with Crippen molar-refractivity contribution >= 4 is 116 Å². The van der Waals surface area contributed by atoms with Crippen LogP contribution in [0, 0.1) is 0 Å². The molecule has 0 atom stereocenters. The van der Waals surface area contributed by atoms with Gasteiger partial charge in [0.1, 0.15) is 0 Å². The second-order valence-electron chi connectivity index (χ2n) is 3.94. The monoisotopic (exact) mass is 486 g/mol. The van der Waals surface area contributed by atoms with Crippen LogP contribution in [-0.4, -0.2) is 16.1 Å². The summed E-state index contributed by atoms with van der Waals surface area (Å²) in [4.78, 5) is 0. The van der Waals surface area contributed by atoms with Gasteiger partial charge in [0.05, 0.1) is 0 Å². The molecule has 1 aromatic carbocycles. The van der Waals surface area contributed by atoms with Crippen molar-refractivity contribution in [3.8, 4) is 0 Å². The molecule has 0 saturated carbocycles. The summed E-state index contributed by atoms with van der Waals surface area (Å²) in [5.41, 5.74) is 0.945. The SMILES string of the molecule is ClC(Cl)(Cl)C(Cl)(Cl)C(Cl)(Cl)C(Cl)(Cl)SCc1ccccc1. The average Bonchev–Trinajstić information content (AvgIpc) is 2.36. The molecule has 21 heavy (non-hydrogen) atoms. The summed E-state index contributed by atoms with van der Waals surface area (Å²) in [6.07, 6.45) is 0. The normalized spacial score (nSPS) is 14.3. The summed E-state index contributed by atoms with van der Waals surface area (Å²) >= 11 is 54.7. The second kappa shape index (κ2) is 7.60. The molecule has 0 unspecified atom stereocenters. The molecule has 0 bridgehead atoms. The molecule has 1 aromatic rings. The van der Waals surface area contributed by atoms with Crippen molar-refractivity contribution in [2.45, 2.75) is 21.9 Å². The van der Waals surface area contributed by atoms with Crippen molar-refractivity contribution in [3.63, 3.8) is 0 Å². The zero-order valence-corrected chi connectivity index (χ0v) is 17.5. The number of benzene rings is 1. The molecule has 120 valence electrons. The summed E-state index contributed by atoms with van der Waals surface area (Å²) in [7, 11) is 0. The zero-order valence-electron chi connectivity index (χ0n) is 9.90. The first kappa shape index (κ1) is 21.2. The maximum atomic E-state index is 6.19. The van der Waals surface area contributed by atoms with Crippen LogP contribution in [0.1, 0.15) is 5.56 Å². The highest BCUT2D eigenvalue weighted by atomic mass is 35.6. The fourth-order valence-electron chi connectivity index (χ4n) is 1.20. The third-order valence-electron chi connectivity index (χ3n) is 2.38. The fraction of sp³-hybridized carbons (Fsp3) is 0.455. The van der Waals surface area contributed by atoms with Gasteiger partial charge in [-0.1, -0.05) is 135 Å². The molecule has 0 N–H and O–H groups in total. The van der Waals surface area contributed by atoms with Crippen molar-refractivity contribution in [1.29, 1.82) is 0 Å². The highest BCUT2D eigenvalue weighted by molar-refractivity contribution is 8.02. The van der Waals surface area contributed by atoms with Crippen molar-refractivity contribution in [1.82, 2.24) is 0 Å². The van der Waals surface area contributed by atoms with Crippen LogP contribution < -0.4 is 0 Å². The number of hydrogen-bond acceptors (Lipinski definition) is 1. The van der Waals surface area contributed by atoms with Gasteiger partial charge in [0.15, 0.2) is 8.00 Å². The first-order chi connectivity index (χ1) is 9.33. The van der Waals surface area contributed by atoms with Crippen LogP contribution in [0.4, 0.5) is 0 Å². The van der Waals surface area contributed by atoms with Crippen LogP contribution in [0.3, 0.4) is 0 Å². The Morgan fingerprint density at radius 2 is 1.19 bits per heavy atom. The number of rotatable bonds is 5. The van der Waals surface area contributed by atoms with Crippen LogP contribution in [-0.2, 0) is 5.75 Å². The summed E-state index contributed by atoms with van der Waals surface area (Å²) < 4.78 is -8.46. The molecule has 0 heterocycles. The van der Waals surface area contributed by atoms with Crippen LogP contribution >= 0.6 is 116 Å². The zero-order chi connectivity index (χ0) is 16.5. The van der Waals surface area contributed by atoms with Gasteiger partial charge in [-0.25, -0.2) is 0 Å². The van der Waals surface area contributed by atoms with E-state index < -0.39 is 16.1 Å². The minimum absolute atomic E-state index is 0.402. The van der Waals surface area contributed by atoms with E-state index in [1.807, 2.05) is 30.3 Å². The van der Waals surface area contributed by atoms with E-state index in [-0.39, 0.29) is 0 Å². The Morgan fingerprint density at radius 3 is 1.62 bits per heavy atom. The molecule has 0 aromatic heterocycles. The predicted molar refractivity (Wildman–Crippen MR) is 101 cm³/mol. The first-order valence-electron chi connectivity index (χ1n) is 5.21. The largest absolute Gasteiger partial charge is 0.226 e. The van der Waals surface area contributed by atoms with Crippen molar-refractivity contribution in [3.05, 3.63) is 35.9 Å². The summed E-state index contributed by atoms with van der Waals surface area (Å²) in [5, 5.41) is 0. The maximum Gasteiger partial charge on any atom is 0.226 e. The highest BCUT2D eigenvalue weighted by Crippen LogP contribution is 2.65. The second-order valence-corrected chi connectivity index (χ2v) is 11.8. The van der Waals surface area contributed by atoms with E-state index in [4.69, 9.17) is 104 Å². The Balaban J connectivity index is 2.94. The fourth-order valence-corrected chi connectivity index (χ4v) is 4.60. The number of thioether (sulfide) groups is 1. The summed E-state index contributed by atoms with van der Waals surface area (Å²) in [6, 6.07) is 9.36. The molecule has 0 saturated heterocycles. The Kier molecular flexibility index (Phi) is 7.68. The van der Waals surface area contributed by atoms with Crippen molar-refractivity contribution < 1.29 is 0 Å². The highest BCUT2D eigenvalue weighted by Gasteiger charge is 2.68. The Bertz CT molecular complexity index is 466. The molecule has 0 aliphatic rings. The quantitative estimate of drug-likeness (QED) is 0.380. The molecule has 0 nitrogen and oxygen atoms in total. The van der Waals surface area contributed by atoms with Gasteiger partial charge in [-0.2, -0.15) is 0 Å². The third-order valence-corrected chi connectivity index (χ3v) is 9.44. The van der Waals surface area contributed by atoms with E-state index >= 15 is 0 Å². The third kappa shape index (κ3) is 4.84. The number of alkyl halides is 9. The molecule has 1 rings (SSSR count). The van der Waals surface area contributed by atoms with E-state index in [2.05, 4.69) is 0 Å². The van der Waals surface area contributed by atoms with Gasteiger partial charge in [-0.05, 0) is 5.56 Å². The molecular formula is C11H7Cl9S. The van der Waals surface area contributed by atoms with Gasteiger partial charge in [-0.3, -0.25) is 0 Å². The van der Waals surface area contributed by atoms with Gasteiger partial charge >= 0.3 is 0 Å². The minimum atomic E-state index is -2.25. The van der Waals surface area contributed by atoms with Gasteiger partial charge in [0, 0.05) is 5.75 Å². The summed E-state index contributed by atoms with van der Waals surface area (Å²) in [6.45, 7) is 0. The molecule has 0 spiro atoms. The minimum Gasteiger partial charge on any atom is -0.115 e. The van der Waals surface area contributed by atoms with Crippen molar-refractivity contribution in [2.75, 3.05) is 0 Å². The van der Waals surface area contributed by atoms with Crippen LogP contribution in [0.25, 0.3) is 0 Å². The average molecular weight is 490 g/mol. The molecule has 10 heteroatoms. The molecule has 0 radical (unpaired) electrons. The molecule has 0 aliphatic heterocycles. The standard InChI is InChI=1S/C11H7Cl9S/c12-8(13,10(16,17)18)9(14,15)11(19,20)21-6-7-4-2-1-3-5-7/h1-5H,6H2. The molecule has 0 fully saturated rings. The van der Waals surface area contributed by atoms with Gasteiger partial charge in [0.25, 0.3) is 0 Å². The first-order valence-corrected chi connectivity index (χ1v) is 9.60. The number of halogens is 9. The lowest BCUT2D eigenvalue weighted by molar-refractivity contribution is 0.676. The van der Waals surface area contributed by atoms with Crippen LogP contribution in [0.15, 0.2) is 30.3 Å². The topological polar surface area (TPSA) is 0 Å². The maximum absolute atomic E-state index is 6.19. The Morgan fingerprint density at radius 1 is 0.714 bits per heavy atom. The predicted octanol–water partition coefficient (Wildman–Crippen LogP) is 7.77. The number of hydrogen-bond donors (Lipinski definition) is 0. The Hall–Kier alpha value is 2.18. The lowest BCUT2D eigenvalue weighted by Gasteiger charge is -2.43. The summed E-state index contributed by atoms with van der Waals surface area (Å²) in [5.74, 6) is 0.402. The smallest absolute Gasteiger partial charge is 0.115 e. The van der Waals surface area contributed by atoms with Crippen LogP contribution in [0.5, 0.6) is 0 Å². The van der Waals surface area contributed by atoms with Gasteiger partial charge in [-0.15, -0.1) is 11.8 Å². The van der Waals surface area contributed by atoms with E-state index in [9.17, 15) is 0 Å². The lowest BCUT2D eigenvalue weighted by Crippen LogP contribution is -2.54. The van der Waals surface area contributed by atoms with E-state index in [0.29, 0.717) is 5.75 Å². The Labute approximate surface area is 172 Å². The van der Waals surface area contributed by atoms with E-state index in [0.717, 1.165) is 17.3 Å². The van der Waals surface area contributed by atoms with E-state index in [1.54, 1.807) is 0 Å². The molecule has 0 amide bonds. The molecular weight excluding hydrogens is 483 g/mol. The lowest BCUT2D eigenvalue weighted by atomic mass is 10.2. The van der Waals surface area contributed by atoms with Gasteiger partial charge < -0.3 is 0 Å². The van der Waals surface area contributed by atoms with Crippen molar-refractivity contribution in [2.24, 2.45) is 0 Å². The molecule has 0 aliphatic carbocycles. The van der Waals surface area contributed by atoms with Crippen LogP contribution in [0.2, 0.25) is 0 Å². The van der Waals surface area contributed by atoms with E-state index in [1.165, 1.54) is 0 Å². The van der Waals surface area contributed by atoms with Gasteiger partial charge in [0.2, 0.25) is 8.13 Å².